The smallest absolute Gasteiger partial charge is 0.223 e. The van der Waals surface area contributed by atoms with Crippen molar-refractivity contribution in [3.63, 3.8) is 0 Å². The SMILES string of the molecule is CNc1cccc([C@H]2CN(C(=O)CCc3ccc(Cl)cc3)CCO2)n1. The van der Waals surface area contributed by atoms with Crippen LogP contribution in [0.15, 0.2) is 42.5 Å². The first kappa shape index (κ1) is 17.7. The van der Waals surface area contributed by atoms with E-state index in [1.165, 1.54) is 0 Å². The van der Waals surface area contributed by atoms with E-state index in [9.17, 15) is 4.79 Å². The van der Waals surface area contributed by atoms with Gasteiger partial charge in [-0.05, 0) is 36.2 Å². The van der Waals surface area contributed by atoms with Crippen molar-refractivity contribution < 1.29 is 9.53 Å². The molecule has 0 bridgehead atoms. The molecule has 0 radical (unpaired) electrons. The quantitative estimate of drug-likeness (QED) is 0.889. The van der Waals surface area contributed by atoms with E-state index in [2.05, 4.69) is 10.3 Å². The Morgan fingerprint density at radius 1 is 1.32 bits per heavy atom. The predicted octanol–water partition coefficient (Wildman–Crippen LogP) is 3.31. The molecule has 132 valence electrons. The summed E-state index contributed by atoms with van der Waals surface area (Å²) in [6.45, 7) is 1.70. The number of hydrogen-bond acceptors (Lipinski definition) is 4. The molecule has 3 rings (SSSR count). The summed E-state index contributed by atoms with van der Waals surface area (Å²) in [5.41, 5.74) is 1.97. The van der Waals surface area contributed by atoms with Crippen molar-refractivity contribution >= 4 is 23.3 Å². The van der Waals surface area contributed by atoms with Crippen LogP contribution in [0.3, 0.4) is 0 Å². The molecule has 2 heterocycles. The zero-order valence-electron chi connectivity index (χ0n) is 14.2. The van der Waals surface area contributed by atoms with Crippen molar-refractivity contribution in [2.75, 3.05) is 32.1 Å². The van der Waals surface area contributed by atoms with Crippen LogP contribution in [0, 0.1) is 0 Å². The molecule has 1 fully saturated rings. The Bertz CT molecular complexity index is 721. The third-order valence-corrected chi connectivity index (χ3v) is 4.57. The molecule has 1 atom stereocenters. The molecule has 6 heteroatoms. The zero-order valence-corrected chi connectivity index (χ0v) is 15.0. The summed E-state index contributed by atoms with van der Waals surface area (Å²) in [4.78, 5) is 18.9. The van der Waals surface area contributed by atoms with Gasteiger partial charge in [-0.3, -0.25) is 4.79 Å². The van der Waals surface area contributed by atoms with Gasteiger partial charge in [-0.15, -0.1) is 0 Å². The van der Waals surface area contributed by atoms with Gasteiger partial charge < -0.3 is 15.0 Å². The third kappa shape index (κ3) is 4.71. The molecule has 25 heavy (non-hydrogen) atoms. The first-order valence-electron chi connectivity index (χ1n) is 8.44. The highest BCUT2D eigenvalue weighted by atomic mass is 35.5. The van der Waals surface area contributed by atoms with E-state index in [-0.39, 0.29) is 12.0 Å². The van der Waals surface area contributed by atoms with E-state index in [4.69, 9.17) is 16.3 Å². The number of benzene rings is 1. The van der Waals surface area contributed by atoms with E-state index in [1.54, 1.807) is 0 Å². The van der Waals surface area contributed by atoms with Gasteiger partial charge in [0.2, 0.25) is 5.91 Å². The van der Waals surface area contributed by atoms with Crippen LogP contribution >= 0.6 is 11.6 Å². The number of morpholine rings is 1. The largest absolute Gasteiger partial charge is 0.373 e. The molecule has 0 unspecified atom stereocenters. The van der Waals surface area contributed by atoms with Gasteiger partial charge in [0.1, 0.15) is 11.9 Å². The van der Waals surface area contributed by atoms with Crippen LogP contribution in [-0.2, 0) is 16.0 Å². The summed E-state index contributed by atoms with van der Waals surface area (Å²) in [5, 5.41) is 3.74. The number of amides is 1. The van der Waals surface area contributed by atoms with E-state index in [0.717, 1.165) is 17.1 Å². The van der Waals surface area contributed by atoms with Gasteiger partial charge in [0.05, 0.1) is 18.8 Å². The highest BCUT2D eigenvalue weighted by molar-refractivity contribution is 6.30. The van der Waals surface area contributed by atoms with Crippen LogP contribution in [-0.4, -0.2) is 42.5 Å². The van der Waals surface area contributed by atoms with Crippen molar-refractivity contribution in [1.82, 2.24) is 9.88 Å². The topological polar surface area (TPSA) is 54.5 Å². The maximum Gasteiger partial charge on any atom is 0.223 e. The van der Waals surface area contributed by atoms with Crippen LogP contribution < -0.4 is 5.32 Å². The van der Waals surface area contributed by atoms with Gasteiger partial charge in [0, 0.05) is 25.0 Å². The van der Waals surface area contributed by atoms with Crippen LogP contribution in [0.2, 0.25) is 5.02 Å². The number of nitrogens with zero attached hydrogens (tertiary/aromatic N) is 2. The number of hydrogen-bond donors (Lipinski definition) is 1. The van der Waals surface area contributed by atoms with E-state index < -0.39 is 0 Å². The molecule has 1 saturated heterocycles. The number of anilines is 1. The molecule has 0 saturated carbocycles. The standard InChI is InChI=1S/C19H22ClN3O2/c1-21-18-4-2-3-16(22-18)17-13-23(11-12-25-17)19(24)10-7-14-5-8-15(20)9-6-14/h2-6,8-9,17H,7,10-13H2,1H3,(H,21,22)/t17-/m1/s1. The number of carbonyl (C=O) groups is 1. The van der Waals surface area contributed by atoms with Crippen LogP contribution in [0.4, 0.5) is 5.82 Å². The van der Waals surface area contributed by atoms with Gasteiger partial charge in [0.25, 0.3) is 0 Å². The summed E-state index contributed by atoms with van der Waals surface area (Å²) in [5.74, 6) is 0.945. The van der Waals surface area contributed by atoms with Gasteiger partial charge in [-0.25, -0.2) is 4.98 Å². The lowest BCUT2D eigenvalue weighted by Gasteiger charge is -2.33. The minimum absolute atomic E-state index is 0.146. The molecule has 1 aromatic carbocycles. The molecule has 1 aliphatic rings. The maximum atomic E-state index is 12.5. The molecule has 1 aliphatic heterocycles. The molecular weight excluding hydrogens is 338 g/mol. The Hall–Kier alpha value is -2.11. The van der Waals surface area contributed by atoms with Gasteiger partial charge in [0.15, 0.2) is 0 Å². The van der Waals surface area contributed by atoms with Gasteiger partial charge >= 0.3 is 0 Å². The van der Waals surface area contributed by atoms with Crippen LogP contribution in [0.1, 0.15) is 23.8 Å². The molecule has 1 amide bonds. The third-order valence-electron chi connectivity index (χ3n) is 4.32. The first-order chi connectivity index (χ1) is 12.2. The number of aromatic nitrogens is 1. The molecule has 0 aliphatic carbocycles. The van der Waals surface area contributed by atoms with Crippen molar-refractivity contribution in [3.05, 3.63) is 58.7 Å². The fourth-order valence-electron chi connectivity index (χ4n) is 2.89. The Morgan fingerprint density at radius 3 is 2.88 bits per heavy atom. The molecule has 1 aromatic heterocycles. The minimum Gasteiger partial charge on any atom is -0.373 e. The summed E-state index contributed by atoms with van der Waals surface area (Å²) in [6, 6.07) is 13.4. The van der Waals surface area contributed by atoms with Gasteiger partial charge in [-0.2, -0.15) is 0 Å². The van der Waals surface area contributed by atoms with E-state index >= 15 is 0 Å². The van der Waals surface area contributed by atoms with Crippen LogP contribution in [0.5, 0.6) is 0 Å². The second-order valence-corrected chi connectivity index (χ2v) is 6.46. The lowest BCUT2D eigenvalue weighted by Crippen LogP contribution is -2.42. The number of halogens is 1. The molecule has 5 nitrogen and oxygen atoms in total. The molecule has 2 aromatic rings. The Balaban J connectivity index is 1.58. The van der Waals surface area contributed by atoms with Crippen molar-refractivity contribution in [2.45, 2.75) is 18.9 Å². The molecular formula is C19H22ClN3O2. The normalized spacial score (nSPS) is 17.4. The summed E-state index contributed by atoms with van der Waals surface area (Å²) < 4.78 is 5.82. The molecule has 1 N–H and O–H groups in total. The second kappa shape index (κ2) is 8.32. The van der Waals surface area contributed by atoms with E-state index in [0.29, 0.717) is 37.6 Å². The number of ether oxygens (including phenoxy) is 1. The van der Waals surface area contributed by atoms with Crippen LogP contribution in [0.25, 0.3) is 0 Å². The lowest BCUT2D eigenvalue weighted by molar-refractivity contribution is -0.139. The number of rotatable bonds is 5. The monoisotopic (exact) mass is 359 g/mol. The fourth-order valence-corrected chi connectivity index (χ4v) is 3.01. The summed E-state index contributed by atoms with van der Waals surface area (Å²) in [6.07, 6.45) is 1.02. The highest BCUT2D eigenvalue weighted by Gasteiger charge is 2.26. The summed E-state index contributed by atoms with van der Waals surface area (Å²) >= 11 is 5.89. The average Bonchev–Trinajstić information content (AvgIpc) is 2.67. The highest BCUT2D eigenvalue weighted by Crippen LogP contribution is 2.22. The zero-order chi connectivity index (χ0) is 17.6. The van der Waals surface area contributed by atoms with Crippen molar-refractivity contribution in [3.8, 4) is 0 Å². The fraction of sp³-hybridized carbons (Fsp3) is 0.368. The Labute approximate surface area is 153 Å². The van der Waals surface area contributed by atoms with Crippen molar-refractivity contribution in [1.29, 1.82) is 0 Å². The number of pyridine rings is 1. The van der Waals surface area contributed by atoms with Crippen molar-refractivity contribution in [2.24, 2.45) is 0 Å². The Kier molecular flexibility index (Phi) is 5.89. The number of carbonyl (C=O) groups excluding carboxylic acids is 1. The van der Waals surface area contributed by atoms with E-state index in [1.807, 2.05) is 54.4 Å². The minimum atomic E-state index is -0.179. The summed E-state index contributed by atoms with van der Waals surface area (Å²) in [7, 11) is 1.83. The maximum absolute atomic E-state index is 12.5. The second-order valence-electron chi connectivity index (χ2n) is 6.02. The first-order valence-corrected chi connectivity index (χ1v) is 8.82. The lowest BCUT2D eigenvalue weighted by atomic mass is 10.1. The number of aryl methyl sites for hydroxylation is 1. The predicted molar refractivity (Wildman–Crippen MR) is 98.8 cm³/mol. The van der Waals surface area contributed by atoms with Gasteiger partial charge in [-0.1, -0.05) is 29.8 Å². The number of nitrogens with one attached hydrogen (secondary N) is 1. The average molecular weight is 360 g/mol. The Morgan fingerprint density at radius 2 is 2.12 bits per heavy atom. The molecule has 0 spiro atoms.